The lowest BCUT2D eigenvalue weighted by atomic mass is 10.1. The van der Waals surface area contributed by atoms with Crippen molar-refractivity contribution in [1.29, 1.82) is 0 Å². The Labute approximate surface area is 86.8 Å². The molecule has 82 valence electrons. The van der Waals surface area contributed by atoms with Crippen molar-refractivity contribution in [3.05, 3.63) is 23.3 Å². The van der Waals surface area contributed by atoms with Crippen molar-refractivity contribution < 1.29 is 18.3 Å². The minimum Gasteiger partial charge on any atom is -0.395 e. The minimum atomic E-state index is -3.52. The molecule has 1 aromatic carbocycles. The monoisotopic (exact) mass is 214 g/mol. The van der Waals surface area contributed by atoms with Gasteiger partial charge in [-0.05, 0) is 24.5 Å². The smallest absolute Gasteiger partial charge is 0.395 e. The van der Waals surface area contributed by atoms with E-state index in [0.717, 1.165) is 12.0 Å². The molecule has 4 heteroatoms. The van der Waals surface area contributed by atoms with Gasteiger partial charge in [0.05, 0.1) is 0 Å². The first-order valence-electron chi connectivity index (χ1n) is 4.92. The topological polar surface area (TPSA) is 18.5 Å². The Morgan fingerprint density at radius 1 is 1.20 bits per heavy atom. The van der Waals surface area contributed by atoms with Gasteiger partial charge in [0.1, 0.15) is 0 Å². The summed E-state index contributed by atoms with van der Waals surface area (Å²) >= 11 is 0. The van der Waals surface area contributed by atoms with Crippen molar-refractivity contribution >= 4 is 0 Å². The molecule has 0 N–H and O–H groups in total. The van der Waals surface area contributed by atoms with E-state index in [0.29, 0.717) is 12.0 Å². The molecule has 0 atom stereocenters. The summed E-state index contributed by atoms with van der Waals surface area (Å²) < 4.78 is 34.7. The van der Waals surface area contributed by atoms with Gasteiger partial charge in [0.25, 0.3) is 0 Å². The van der Waals surface area contributed by atoms with Crippen LogP contribution in [-0.2, 0) is 6.42 Å². The highest BCUT2D eigenvalue weighted by molar-refractivity contribution is 5.53. The summed E-state index contributed by atoms with van der Waals surface area (Å²) in [6.45, 7) is 3.71. The zero-order valence-electron chi connectivity index (χ0n) is 8.64. The molecule has 0 bridgehead atoms. The average molecular weight is 214 g/mol. The molecule has 0 spiro atoms. The third-order valence-corrected chi connectivity index (χ3v) is 2.35. The van der Waals surface area contributed by atoms with Crippen LogP contribution >= 0.6 is 0 Å². The van der Waals surface area contributed by atoms with Crippen LogP contribution in [0.2, 0.25) is 0 Å². The molecule has 2 nitrogen and oxygen atoms in total. The van der Waals surface area contributed by atoms with E-state index in [2.05, 4.69) is 9.47 Å². The first-order valence-corrected chi connectivity index (χ1v) is 4.92. The standard InChI is InChI=1S/C11H12F2O2/c1-3-4-8-6-5-7(2)9-10(8)15-11(12,13)14-9/h5-6H,3-4H2,1-2H3. The van der Waals surface area contributed by atoms with Gasteiger partial charge in [-0.3, -0.25) is 0 Å². The Morgan fingerprint density at radius 3 is 2.53 bits per heavy atom. The fourth-order valence-electron chi connectivity index (χ4n) is 1.67. The second-order valence-electron chi connectivity index (χ2n) is 3.62. The normalized spacial score (nSPS) is 16.8. The van der Waals surface area contributed by atoms with Crippen molar-refractivity contribution in [2.45, 2.75) is 33.0 Å². The van der Waals surface area contributed by atoms with Gasteiger partial charge in [-0.2, -0.15) is 0 Å². The molecule has 0 fully saturated rings. The van der Waals surface area contributed by atoms with Crippen LogP contribution in [-0.4, -0.2) is 6.29 Å². The number of hydrogen-bond acceptors (Lipinski definition) is 2. The van der Waals surface area contributed by atoms with E-state index in [9.17, 15) is 8.78 Å². The zero-order chi connectivity index (χ0) is 11.1. The molecule has 2 rings (SSSR count). The van der Waals surface area contributed by atoms with Gasteiger partial charge < -0.3 is 9.47 Å². The molecule has 15 heavy (non-hydrogen) atoms. The molecule has 1 heterocycles. The zero-order valence-corrected chi connectivity index (χ0v) is 8.64. The first-order chi connectivity index (χ1) is 7.03. The maximum atomic E-state index is 12.9. The second kappa shape index (κ2) is 3.36. The van der Waals surface area contributed by atoms with Crippen molar-refractivity contribution in [2.24, 2.45) is 0 Å². The summed E-state index contributed by atoms with van der Waals surface area (Å²) in [6, 6.07) is 3.58. The van der Waals surface area contributed by atoms with E-state index in [1.807, 2.05) is 13.0 Å². The second-order valence-corrected chi connectivity index (χ2v) is 3.62. The van der Waals surface area contributed by atoms with Crippen molar-refractivity contribution in [3.8, 4) is 11.5 Å². The van der Waals surface area contributed by atoms with Gasteiger partial charge >= 0.3 is 6.29 Å². The molecule has 0 radical (unpaired) electrons. The average Bonchev–Trinajstić information content (AvgIpc) is 2.47. The Balaban J connectivity index is 2.45. The van der Waals surface area contributed by atoms with Crippen molar-refractivity contribution in [1.82, 2.24) is 0 Å². The number of alkyl halides is 2. The van der Waals surface area contributed by atoms with Gasteiger partial charge in [-0.25, -0.2) is 0 Å². The number of fused-ring (bicyclic) bond motifs is 1. The number of benzene rings is 1. The van der Waals surface area contributed by atoms with Crippen LogP contribution in [0.25, 0.3) is 0 Å². The Kier molecular flexibility index (Phi) is 2.29. The van der Waals surface area contributed by atoms with E-state index in [1.54, 1.807) is 13.0 Å². The predicted molar refractivity (Wildman–Crippen MR) is 51.4 cm³/mol. The highest BCUT2D eigenvalue weighted by Gasteiger charge is 2.45. The largest absolute Gasteiger partial charge is 0.586 e. The number of hydrogen-bond donors (Lipinski definition) is 0. The lowest BCUT2D eigenvalue weighted by Gasteiger charge is -2.06. The number of rotatable bonds is 2. The number of aryl methyl sites for hydroxylation is 2. The van der Waals surface area contributed by atoms with E-state index < -0.39 is 6.29 Å². The predicted octanol–water partition coefficient (Wildman–Crippen LogP) is 3.27. The molecule has 1 aromatic rings. The Morgan fingerprint density at radius 2 is 1.87 bits per heavy atom. The van der Waals surface area contributed by atoms with E-state index in [-0.39, 0.29) is 11.5 Å². The number of ether oxygens (including phenoxy) is 2. The van der Waals surface area contributed by atoms with Crippen molar-refractivity contribution in [3.63, 3.8) is 0 Å². The molecular formula is C11H12F2O2. The lowest BCUT2D eigenvalue weighted by Crippen LogP contribution is -2.26. The van der Waals surface area contributed by atoms with Crippen LogP contribution in [0.4, 0.5) is 8.78 Å². The lowest BCUT2D eigenvalue weighted by molar-refractivity contribution is -0.287. The summed E-state index contributed by atoms with van der Waals surface area (Å²) in [5.74, 6) is 0.368. The fourth-order valence-corrected chi connectivity index (χ4v) is 1.67. The van der Waals surface area contributed by atoms with Gasteiger partial charge in [-0.15, -0.1) is 8.78 Å². The van der Waals surface area contributed by atoms with Crippen molar-refractivity contribution in [2.75, 3.05) is 0 Å². The Bertz CT molecular complexity index is 388. The van der Waals surface area contributed by atoms with Gasteiger partial charge in [-0.1, -0.05) is 25.5 Å². The quantitative estimate of drug-likeness (QED) is 0.752. The van der Waals surface area contributed by atoms with Gasteiger partial charge in [0, 0.05) is 0 Å². The first kappa shape index (κ1) is 10.2. The van der Waals surface area contributed by atoms with Crippen LogP contribution < -0.4 is 9.47 Å². The minimum absolute atomic E-state index is 0.172. The molecule has 1 aliphatic rings. The molecule has 0 aliphatic carbocycles. The Hall–Kier alpha value is -1.32. The number of halogens is 2. The summed E-state index contributed by atoms with van der Waals surface area (Å²) in [4.78, 5) is 0. The molecule has 0 amide bonds. The molecule has 1 aliphatic heterocycles. The molecule has 0 saturated heterocycles. The van der Waals surface area contributed by atoms with E-state index in [1.165, 1.54) is 0 Å². The highest BCUT2D eigenvalue weighted by atomic mass is 19.3. The van der Waals surface area contributed by atoms with Crippen LogP contribution in [0.15, 0.2) is 12.1 Å². The van der Waals surface area contributed by atoms with Crippen LogP contribution in [0.1, 0.15) is 24.5 Å². The fraction of sp³-hybridized carbons (Fsp3) is 0.455. The summed E-state index contributed by atoms with van der Waals surface area (Å²) in [5.41, 5.74) is 1.44. The molecule has 0 unspecified atom stereocenters. The molecular weight excluding hydrogens is 202 g/mol. The van der Waals surface area contributed by atoms with E-state index in [4.69, 9.17) is 0 Å². The van der Waals surface area contributed by atoms with Crippen LogP contribution in [0.3, 0.4) is 0 Å². The van der Waals surface area contributed by atoms with Gasteiger partial charge in [0.2, 0.25) is 0 Å². The summed E-state index contributed by atoms with van der Waals surface area (Å²) in [6.07, 6.45) is -1.93. The maximum absolute atomic E-state index is 12.9. The summed E-state index contributed by atoms with van der Waals surface area (Å²) in [5, 5.41) is 0. The molecule has 0 saturated carbocycles. The SMILES string of the molecule is CCCc1ccc(C)c2c1OC(F)(F)O2. The summed E-state index contributed by atoms with van der Waals surface area (Å²) in [7, 11) is 0. The van der Waals surface area contributed by atoms with Crippen LogP contribution in [0.5, 0.6) is 11.5 Å². The molecule has 0 aromatic heterocycles. The maximum Gasteiger partial charge on any atom is 0.586 e. The van der Waals surface area contributed by atoms with Gasteiger partial charge in [0.15, 0.2) is 11.5 Å². The third kappa shape index (κ3) is 1.76. The highest BCUT2D eigenvalue weighted by Crippen LogP contribution is 2.45. The third-order valence-electron chi connectivity index (χ3n) is 2.35. The van der Waals surface area contributed by atoms with E-state index >= 15 is 0 Å². The van der Waals surface area contributed by atoms with Crippen LogP contribution in [0, 0.1) is 6.92 Å².